The molecule has 1 aliphatic heterocycles. The van der Waals surface area contributed by atoms with Gasteiger partial charge in [0.1, 0.15) is 0 Å². The van der Waals surface area contributed by atoms with E-state index in [1.807, 2.05) is 26.0 Å². The zero-order valence-corrected chi connectivity index (χ0v) is 18.4. The van der Waals surface area contributed by atoms with Crippen LogP contribution in [0.2, 0.25) is 10.0 Å². The number of allylic oxidation sites excluding steroid dienone is 3. The third-order valence-electron chi connectivity index (χ3n) is 4.64. The summed E-state index contributed by atoms with van der Waals surface area (Å²) in [5.41, 5.74) is 3.64. The van der Waals surface area contributed by atoms with Crippen LogP contribution < -0.4 is 5.32 Å². The molecule has 0 aliphatic carbocycles. The molecule has 1 unspecified atom stereocenters. The molecule has 0 saturated carbocycles. The Hall–Kier alpha value is -1.02. The van der Waals surface area contributed by atoms with Crippen LogP contribution in [0.4, 0.5) is 0 Å². The molecular formula is C20H26Cl2NO2P. The predicted molar refractivity (Wildman–Crippen MR) is 113 cm³/mol. The van der Waals surface area contributed by atoms with Crippen molar-refractivity contribution in [3.8, 4) is 0 Å². The van der Waals surface area contributed by atoms with Crippen molar-refractivity contribution in [2.24, 2.45) is 0 Å². The van der Waals surface area contributed by atoms with Gasteiger partial charge in [0.05, 0.1) is 15.6 Å². The van der Waals surface area contributed by atoms with Crippen molar-refractivity contribution in [3.63, 3.8) is 0 Å². The lowest BCUT2D eigenvalue weighted by Crippen LogP contribution is -2.29. The SMILES string of the molecule is CC1=C(C(=O)O)C(c2cccc(Cl)c2Cl)C(P(C(C)C)C(C)C)=C(C)N1. The third kappa shape index (κ3) is 3.96. The van der Waals surface area contributed by atoms with Crippen LogP contribution in [-0.4, -0.2) is 22.4 Å². The van der Waals surface area contributed by atoms with Crippen LogP contribution in [0.1, 0.15) is 53.0 Å². The molecule has 3 nitrogen and oxygen atoms in total. The van der Waals surface area contributed by atoms with Crippen molar-refractivity contribution >= 4 is 37.1 Å². The molecule has 0 amide bonds. The Kier molecular flexibility index (Phi) is 6.82. The molecule has 0 fully saturated rings. The lowest BCUT2D eigenvalue weighted by atomic mass is 9.86. The fraction of sp³-hybridized carbons (Fsp3) is 0.450. The molecule has 1 heterocycles. The summed E-state index contributed by atoms with van der Waals surface area (Å²) in [5.74, 6) is -1.32. The highest BCUT2D eigenvalue weighted by molar-refractivity contribution is 7.63. The second-order valence-electron chi connectivity index (χ2n) is 7.15. The summed E-state index contributed by atoms with van der Waals surface area (Å²) in [6.07, 6.45) is 0. The fourth-order valence-electron chi connectivity index (χ4n) is 3.81. The quantitative estimate of drug-likeness (QED) is 0.536. The standard InChI is InChI=1S/C20H26Cl2NO2P/c1-10(2)26(11(3)4)19-13(6)23-12(5)16(20(24)25)17(19)14-8-7-9-15(21)18(14)22/h7-11,17,23H,1-6H3,(H,24,25). The van der Waals surface area contributed by atoms with Crippen LogP contribution in [0.15, 0.2) is 40.5 Å². The van der Waals surface area contributed by atoms with E-state index in [9.17, 15) is 9.90 Å². The number of dihydropyridines is 1. The van der Waals surface area contributed by atoms with Crippen molar-refractivity contribution in [2.75, 3.05) is 0 Å². The number of rotatable bonds is 5. The minimum atomic E-state index is -0.927. The summed E-state index contributed by atoms with van der Waals surface area (Å²) < 4.78 is 0. The molecule has 142 valence electrons. The molecule has 0 aromatic heterocycles. The average molecular weight is 414 g/mol. The van der Waals surface area contributed by atoms with Crippen LogP contribution in [0.5, 0.6) is 0 Å². The molecule has 0 radical (unpaired) electrons. The summed E-state index contributed by atoms with van der Waals surface area (Å²) in [7, 11) is -0.574. The lowest BCUT2D eigenvalue weighted by Gasteiger charge is -2.39. The highest BCUT2D eigenvalue weighted by Crippen LogP contribution is 2.62. The van der Waals surface area contributed by atoms with E-state index in [-0.39, 0.29) is 0 Å². The molecule has 26 heavy (non-hydrogen) atoms. The highest BCUT2D eigenvalue weighted by atomic mass is 35.5. The largest absolute Gasteiger partial charge is 0.478 e. The molecule has 0 spiro atoms. The average Bonchev–Trinajstić information content (AvgIpc) is 2.51. The first-order valence-corrected chi connectivity index (χ1v) is 11.0. The lowest BCUT2D eigenvalue weighted by molar-refractivity contribution is -0.133. The Morgan fingerprint density at radius 3 is 2.19 bits per heavy atom. The van der Waals surface area contributed by atoms with Gasteiger partial charge in [-0.05, 0) is 42.1 Å². The van der Waals surface area contributed by atoms with Crippen molar-refractivity contribution < 1.29 is 9.90 Å². The van der Waals surface area contributed by atoms with Gasteiger partial charge in [-0.2, -0.15) is 0 Å². The normalized spacial score (nSPS) is 18.2. The molecule has 2 rings (SSSR count). The Morgan fingerprint density at radius 2 is 1.69 bits per heavy atom. The second-order valence-corrected chi connectivity index (χ2v) is 11.3. The van der Waals surface area contributed by atoms with Gasteiger partial charge in [0, 0.05) is 17.3 Å². The molecule has 1 aromatic rings. The number of aliphatic carboxylic acids is 1. The first kappa shape index (κ1) is 21.3. The smallest absolute Gasteiger partial charge is 0.334 e. The second kappa shape index (κ2) is 8.33. The van der Waals surface area contributed by atoms with Gasteiger partial charge in [0.25, 0.3) is 0 Å². The molecule has 0 saturated heterocycles. The van der Waals surface area contributed by atoms with Gasteiger partial charge in [-0.1, -0.05) is 71.0 Å². The number of hydrogen-bond acceptors (Lipinski definition) is 2. The first-order chi connectivity index (χ1) is 12.1. The van der Waals surface area contributed by atoms with E-state index in [0.29, 0.717) is 32.6 Å². The molecule has 2 N–H and O–H groups in total. The van der Waals surface area contributed by atoms with Crippen LogP contribution in [0.3, 0.4) is 0 Å². The number of carboxylic acid groups (broad SMARTS) is 1. The number of benzene rings is 1. The molecular weight excluding hydrogens is 388 g/mol. The van der Waals surface area contributed by atoms with E-state index in [2.05, 4.69) is 33.0 Å². The van der Waals surface area contributed by atoms with Gasteiger partial charge < -0.3 is 10.4 Å². The zero-order valence-electron chi connectivity index (χ0n) is 16.0. The summed E-state index contributed by atoms with van der Waals surface area (Å²) in [6, 6.07) is 5.46. The number of halogens is 2. The van der Waals surface area contributed by atoms with E-state index < -0.39 is 19.8 Å². The van der Waals surface area contributed by atoms with Gasteiger partial charge in [-0.3, -0.25) is 0 Å². The number of carboxylic acids is 1. The molecule has 1 aliphatic rings. The van der Waals surface area contributed by atoms with Crippen LogP contribution in [0, 0.1) is 0 Å². The van der Waals surface area contributed by atoms with Crippen LogP contribution in [0.25, 0.3) is 0 Å². The summed E-state index contributed by atoms with van der Waals surface area (Å²) in [5, 5.41) is 15.3. The number of nitrogens with one attached hydrogen (secondary N) is 1. The maximum atomic E-state index is 12.2. The third-order valence-corrected chi connectivity index (χ3v) is 8.85. The van der Waals surface area contributed by atoms with E-state index in [1.54, 1.807) is 6.07 Å². The van der Waals surface area contributed by atoms with Crippen molar-refractivity contribution in [3.05, 3.63) is 56.1 Å². The predicted octanol–water partition coefficient (Wildman–Crippen LogP) is 6.57. The first-order valence-electron chi connectivity index (χ1n) is 8.72. The van der Waals surface area contributed by atoms with Gasteiger partial charge in [0.2, 0.25) is 0 Å². The minimum absolute atomic E-state index is 0.351. The van der Waals surface area contributed by atoms with Gasteiger partial charge in [0.15, 0.2) is 0 Å². The van der Waals surface area contributed by atoms with Gasteiger partial charge in [-0.25, -0.2) is 4.79 Å². The van der Waals surface area contributed by atoms with E-state index >= 15 is 0 Å². The van der Waals surface area contributed by atoms with E-state index in [4.69, 9.17) is 23.2 Å². The van der Waals surface area contributed by atoms with Gasteiger partial charge in [-0.15, -0.1) is 0 Å². The Balaban J connectivity index is 2.81. The zero-order chi connectivity index (χ0) is 19.8. The van der Waals surface area contributed by atoms with Crippen molar-refractivity contribution in [1.29, 1.82) is 0 Å². The Bertz CT molecular complexity index is 776. The summed E-state index contributed by atoms with van der Waals surface area (Å²) in [6.45, 7) is 12.6. The van der Waals surface area contributed by atoms with E-state index in [0.717, 1.165) is 16.6 Å². The maximum Gasteiger partial charge on any atom is 0.334 e. The topological polar surface area (TPSA) is 49.3 Å². The summed E-state index contributed by atoms with van der Waals surface area (Å²) >= 11 is 12.8. The Labute approximate surface area is 167 Å². The summed E-state index contributed by atoms with van der Waals surface area (Å²) in [4.78, 5) is 12.2. The van der Waals surface area contributed by atoms with Crippen molar-refractivity contribution in [1.82, 2.24) is 5.32 Å². The van der Waals surface area contributed by atoms with Crippen LogP contribution >= 0.6 is 31.1 Å². The monoisotopic (exact) mass is 413 g/mol. The molecule has 6 heteroatoms. The number of hydrogen-bond donors (Lipinski definition) is 2. The Morgan fingerprint density at radius 1 is 1.12 bits per heavy atom. The van der Waals surface area contributed by atoms with Crippen molar-refractivity contribution in [2.45, 2.75) is 58.8 Å². The highest BCUT2D eigenvalue weighted by Gasteiger charge is 2.39. The van der Waals surface area contributed by atoms with E-state index in [1.165, 1.54) is 0 Å². The number of carbonyl (C=O) groups is 1. The van der Waals surface area contributed by atoms with Gasteiger partial charge >= 0.3 is 5.97 Å². The maximum absolute atomic E-state index is 12.2. The molecule has 1 atom stereocenters. The molecule has 0 bridgehead atoms. The minimum Gasteiger partial charge on any atom is -0.478 e. The fourth-order valence-corrected chi connectivity index (χ4v) is 7.54. The molecule has 1 aromatic carbocycles. The van der Waals surface area contributed by atoms with Crippen LogP contribution in [-0.2, 0) is 4.79 Å².